The number of hydrogen-bond acceptors (Lipinski definition) is 3. The summed E-state index contributed by atoms with van der Waals surface area (Å²) in [6.45, 7) is 0.797. The number of ether oxygens (including phenoxy) is 2. The average Bonchev–Trinajstić information content (AvgIpc) is 3.28. The minimum Gasteiger partial charge on any atom is -0.497 e. The molecule has 1 fully saturated rings. The van der Waals surface area contributed by atoms with Gasteiger partial charge in [-0.1, -0.05) is 30.3 Å². The lowest BCUT2D eigenvalue weighted by molar-refractivity contribution is -0.138. The van der Waals surface area contributed by atoms with Gasteiger partial charge < -0.3 is 14.4 Å². The van der Waals surface area contributed by atoms with E-state index in [1.54, 1.807) is 7.11 Å². The van der Waals surface area contributed by atoms with Crippen molar-refractivity contribution in [3.05, 3.63) is 59.7 Å². The smallest absolute Gasteiger partial charge is 0.264 e. The fourth-order valence-electron chi connectivity index (χ4n) is 3.71. The molecule has 4 rings (SSSR count). The van der Waals surface area contributed by atoms with Crippen LogP contribution in [0.1, 0.15) is 30.0 Å². The van der Waals surface area contributed by atoms with Crippen LogP contribution in [0.15, 0.2) is 48.5 Å². The summed E-state index contributed by atoms with van der Waals surface area (Å²) in [6.07, 6.45) is 2.31. The van der Waals surface area contributed by atoms with E-state index in [1.165, 1.54) is 0 Å². The maximum Gasteiger partial charge on any atom is 0.264 e. The fraction of sp³-hybridized carbons (Fsp3) is 0.350. The standard InChI is InChI=1S/C20H21NO3/c1-23-16-10-8-14(9-11-16)17-6-4-12-21(17)20(22)19-13-15-5-2-3-7-18(15)24-19/h2-3,5,7-11,17,19H,4,6,12-13H2,1H3. The Labute approximate surface area is 142 Å². The van der Waals surface area contributed by atoms with E-state index in [1.807, 2.05) is 41.3 Å². The molecule has 2 aliphatic heterocycles. The summed E-state index contributed by atoms with van der Waals surface area (Å²) in [7, 11) is 1.66. The number of methoxy groups -OCH3 is 1. The Morgan fingerprint density at radius 1 is 1.17 bits per heavy atom. The van der Waals surface area contributed by atoms with Gasteiger partial charge in [-0.25, -0.2) is 0 Å². The van der Waals surface area contributed by atoms with Crippen LogP contribution in [0, 0.1) is 0 Å². The summed E-state index contributed by atoms with van der Waals surface area (Å²) in [5.74, 6) is 1.78. The number of benzene rings is 2. The van der Waals surface area contributed by atoms with Gasteiger partial charge in [0, 0.05) is 13.0 Å². The van der Waals surface area contributed by atoms with Gasteiger partial charge in [-0.15, -0.1) is 0 Å². The Morgan fingerprint density at radius 3 is 2.71 bits per heavy atom. The van der Waals surface area contributed by atoms with Crippen molar-refractivity contribution in [2.75, 3.05) is 13.7 Å². The number of carbonyl (C=O) groups excluding carboxylic acids is 1. The van der Waals surface area contributed by atoms with Gasteiger partial charge in [0.05, 0.1) is 13.2 Å². The third-order valence-electron chi connectivity index (χ3n) is 4.96. The molecule has 2 unspecified atom stereocenters. The zero-order valence-electron chi connectivity index (χ0n) is 13.8. The maximum atomic E-state index is 13.0. The van der Waals surface area contributed by atoms with Crippen molar-refractivity contribution in [3.8, 4) is 11.5 Å². The third-order valence-corrected chi connectivity index (χ3v) is 4.96. The predicted molar refractivity (Wildman–Crippen MR) is 91.2 cm³/mol. The first-order chi connectivity index (χ1) is 11.8. The van der Waals surface area contributed by atoms with Gasteiger partial charge in [0.15, 0.2) is 6.10 Å². The van der Waals surface area contributed by atoms with Crippen molar-refractivity contribution in [2.24, 2.45) is 0 Å². The first-order valence-electron chi connectivity index (χ1n) is 8.45. The molecule has 0 radical (unpaired) electrons. The fourth-order valence-corrected chi connectivity index (χ4v) is 3.71. The summed E-state index contributed by atoms with van der Waals surface area (Å²) in [4.78, 5) is 15.0. The Hall–Kier alpha value is -2.49. The SMILES string of the molecule is COc1ccc(C2CCCN2C(=O)C2Cc3ccccc3O2)cc1. The molecule has 4 nitrogen and oxygen atoms in total. The van der Waals surface area contributed by atoms with Crippen LogP contribution in [0.4, 0.5) is 0 Å². The quantitative estimate of drug-likeness (QED) is 0.869. The molecule has 0 aliphatic carbocycles. The largest absolute Gasteiger partial charge is 0.497 e. The van der Waals surface area contributed by atoms with Crippen LogP contribution in [0.3, 0.4) is 0 Å². The molecular formula is C20H21NO3. The van der Waals surface area contributed by atoms with Crippen molar-refractivity contribution in [2.45, 2.75) is 31.4 Å². The van der Waals surface area contributed by atoms with Crippen LogP contribution >= 0.6 is 0 Å². The highest BCUT2D eigenvalue weighted by molar-refractivity contribution is 5.83. The van der Waals surface area contributed by atoms with E-state index in [4.69, 9.17) is 9.47 Å². The van der Waals surface area contributed by atoms with Crippen LogP contribution in [0.5, 0.6) is 11.5 Å². The second-order valence-electron chi connectivity index (χ2n) is 6.38. The second-order valence-corrected chi connectivity index (χ2v) is 6.38. The Balaban J connectivity index is 1.51. The zero-order valence-corrected chi connectivity index (χ0v) is 13.8. The summed E-state index contributed by atoms with van der Waals surface area (Å²) in [5.41, 5.74) is 2.29. The van der Waals surface area contributed by atoms with Crippen molar-refractivity contribution >= 4 is 5.91 Å². The van der Waals surface area contributed by atoms with Gasteiger partial charge in [0.25, 0.3) is 5.91 Å². The summed E-state index contributed by atoms with van der Waals surface area (Å²) < 4.78 is 11.1. The molecule has 0 bridgehead atoms. The molecule has 2 aromatic rings. The molecule has 1 amide bonds. The highest BCUT2D eigenvalue weighted by Crippen LogP contribution is 2.36. The molecule has 0 aromatic heterocycles. The van der Waals surface area contributed by atoms with Crippen molar-refractivity contribution in [1.29, 1.82) is 0 Å². The van der Waals surface area contributed by atoms with E-state index >= 15 is 0 Å². The van der Waals surface area contributed by atoms with Crippen molar-refractivity contribution in [3.63, 3.8) is 0 Å². The Morgan fingerprint density at radius 2 is 1.96 bits per heavy atom. The molecular weight excluding hydrogens is 302 g/mol. The highest BCUT2D eigenvalue weighted by Gasteiger charge is 2.37. The van der Waals surface area contributed by atoms with Crippen molar-refractivity contribution in [1.82, 2.24) is 4.90 Å². The molecule has 1 saturated heterocycles. The van der Waals surface area contributed by atoms with E-state index in [0.29, 0.717) is 6.42 Å². The lowest BCUT2D eigenvalue weighted by Gasteiger charge is -2.27. The molecule has 2 aliphatic rings. The monoisotopic (exact) mass is 323 g/mol. The van der Waals surface area contributed by atoms with E-state index in [0.717, 1.165) is 42.0 Å². The van der Waals surface area contributed by atoms with Gasteiger partial charge in [0.1, 0.15) is 11.5 Å². The number of rotatable bonds is 3. The molecule has 124 valence electrons. The molecule has 4 heteroatoms. The number of carbonyl (C=O) groups is 1. The zero-order chi connectivity index (χ0) is 16.5. The Bertz CT molecular complexity index is 716. The third kappa shape index (κ3) is 2.62. The number of para-hydroxylation sites is 1. The van der Waals surface area contributed by atoms with Crippen LogP contribution in [0.25, 0.3) is 0 Å². The summed E-state index contributed by atoms with van der Waals surface area (Å²) >= 11 is 0. The molecule has 0 saturated carbocycles. The topological polar surface area (TPSA) is 38.8 Å². The molecule has 2 heterocycles. The highest BCUT2D eigenvalue weighted by atomic mass is 16.5. The first-order valence-corrected chi connectivity index (χ1v) is 8.45. The second kappa shape index (κ2) is 6.19. The molecule has 2 atom stereocenters. The number of amides is 1. The first kappa shape index (κ1) is 15.1. The van der Waals surface area contributed by atoms with E-state index in [9.17, 15) is 4.79 Å². The molecule has 0 spiro atoms. The van der Waals surface area contributed by atoms with E-state index in [-0.39, 0.29) is 18.1 Å². The number of hydrogen-bond donors (Lipinski definition) is 0. The number of likely N-dealkylation sites (tertiary alicyclic amines) is 1. The van der Waals surface area contributed by atoms with Crippen LogP contribution < -0.4 is 9.47 Å². The molecule has 24 heavy (non-hydrogen) atoms. The number of fused-ring (bicyclic) bond motifs is 1. The maximum absolute atomic E-state index is 13.0. The van der Waals surface area contributed by atoms with Gasteiger partial charge in [0.2, 0.25) is 0 Å². The normalized spacial score (nSPS) is 22.1. The Kier molecular flexibility index (Phi) is 3.89. The molecule has 2 aromatic carbocycles. The summed E-state index contributed by atoms with van der Waals surface area (Å²) in [5, 5.41) is 0. The minimum absolute atomic E-state index is 0.101. The van der Waals surface area contributed by atoms with Gasteiger partial charge in [-0.05, 0) is 42.2 Å². The lowest BCUT2D eigenvalue weighted by atomic mass is 10.0. The van der Waals surface area contributed by atoms with Crippen molar-refractivity contribution < 1.29 is 14.3 Å². The van der Waals surface area contributed by atoms with Gasteiger partial charge >= 0.3 is 0 Å². The summed E-state index contributed by atoms with van der Waals surface area (Å²) in [6, 6.07) is 16.1. The van der Waals surface area contributed by atoms with Crippen LogP contribution in [-0.2, 0) is 11.2 Å². The minimum atomic E-state index is -0.388. The van der Waals surface area contributed by atoms with Gasteiger partial charge in [-0.2, -0.15) is 0 Å². The van der Waals surface area contributed by atoms with Crippen LogP contribution in [0.2, 0.25) is 0 Å². The average molecular weight is 323 g/mol. The lowest BCUT2D eigenvalue weighted by Crippen LogP contribution is -2.40. The predicted octanol–water partition coefficient (Wildman–Crippen LogP) is 3.36. The molecule has 0 N–H and O–H groups in total. The van der Waals surface area contributed by atoms with E-state index < -0.39 is 0 Å². The number of nitrogens with zero attached hydrogens (tertiary/aromatic N) is 1. The van der Waals surface area contributed by atoms with Gasteiger partial charge in [-0.3, -0.25) is 4.79 Å². The van der Waals surface area contributed by atoms with E-state index in [2.05, 4.69) is 12.1 Å². The van der Waals surface area contributed by atoms with Crippen LogP contribution in [-0.4, -0.2) is 30.6 Å².